The van der Waals surface area contributed by atoms with Crippen LogP contribution in [-0.4, -0.2) is 30.6 Å². The van der Waals surface area contributed by atoms with Crippen LogP contribution in [0.15, 0.2) is 73.2 Å². The maximum absolute atomic E-state index is 13.3. The lowest BCUT2D eigenvalue weighted by molar-refractivity contribution is 0.0950. The maximum Gasteiger partial charge on any atom is 0.255 e. The average molecular weight is 473 g/mol. The second-order valence-electron chi connectivity index (χ2n) is 9.54. The Labute approximate surface area is 208 Å². The van der Waals surface area contributed by atoms with E-state index in [1.165, 1.54) is 5.56 Å². The zero-order valence-electron chi connectivity index (χ0n) is 19.7. The number of aryl methyl sites for hydroxylation is 2. The first kappa shape index (κ1) is 20.9. The quantitative estimate of drug-likeness (QED) is 0.398. The molecule has 0 saturated heterocycles. The molecule has 1 saturated carbocycles. The van der Waals surface area contributed by atoms with Gasteiger partial charge in [-0.15, -0.1) is 0 Å². The molecule has 36 heavy (non-hydrogen) atoms. The van der Waals surface area contributed by atoms with Crippen molar-refractivity contribution < 1.29 is 4.79 Å². The third-order valence-electron chi connectivity index (χ3n) is 7.11. The molecule has 2 aliphatic carbocycles. The molecule has 7 heteroatoms. The third kappa shape index (κ3) is 3.64. The minimum atomic E-state index is -0.127. The van der Waals surface area contributed by atoms with Crippen LogP contribution in [0, 0.1) is 0 Å². The molecule has 5 aromatic rings. The number of benzene rings is 2. The van der Waals surface area contributed by atoms with E-state index < -0.39 is 0 Å². The highest BCUT2D eigenvalue weighted by atomic mass is 16.1. The van der Waals surface area contributed by atoms with Gasteiger partial charge in [-0.05, 0) is 60.6 Å². The number of pyridine rings is 1. The topological polar surface area (TPSA) is 85.6 Å². The summed E-state index contributed by atoms with van der Waals surface area (Å²) in [5.41, 5.74) is 8.06. The average Bonchev–Trinajstić information content (AvgIpc) is 3.68. The predicted molar refractivity (Wildman–Crippen MR) is 137 cm³/mol. The SMILES string of the molecule is O=C(NCc1ccc2ncccc2c1)c1cnn(-c2ncc3c(n2)-c2ccccc2CC3)c1C1CC1. The standard InChI is InChI=1S/C29H24N6O/c36-28(31-15-18-7-12-25-21(14-18)5-3-13-30-25)24-17-33-35(27(24)20-9-10-20)29-32-16-22-11-8-19-4-1-2-6-23(19)26(22)34-29/h1-7,12-14,16-17,20H,8-11,15H2,(H,31,36). The Morgan fingerprint density at radius 2 is 1.86 bits per heavy atom. The molecule has 2 aromatic carbocycles. The molecule has 1 fully saturated rings. The van der Waals surface area contributed by atoms with Crippen LogP contribution in [-0.2, 0) is 19.4 Å². The number of carbonyl (C=O) groups is 1. The van der Waals surface area contributed by atoms with Gasteiger partial charge in [0.25, 0.3) is 11.9 Å². The molecule has 3 aromatic heterocycles. The van der Waals surface area contributed by atoms with Crippen molar-refractivity contribution in [3.8, 4) is 17.2 Å². The van der Waals surface area contributed by atoms with E-state index in [9.17, 15) is 4.79 Å². The molecule has 0 radical (unpaired) electrons. The Balaban J connectivity index is 1.19. The molecule has 2 aliphatic rings. The molecule has 176 valence electrons. The Morgan fingerprint density at radius 1 is 0.972 bits per heavy atom. The Bertz CT molecular complexity index is 1630. The minimum absolute atomic E-state index is 0.127. The number of nitrogens with one attached hydrogen (secondary N) is 1. The van der Waals surface area contributed by atoms with Crippen LogP contribution in [0.4, 0.5) is 0 Å². The Morgan fingerprint density at radius 3 is 2.78 bits per heavy atom. The molecule has 1 amide bonds. The summed E-state index contributed by atoms with van der Waals surface area (Å²) in [6.45, 7) is 0.436. The van der Waals surface area contributed by atoms with Gasteiger partial charge < -0.3 is 5.32 Å². The van der Waals surface area contributed by atoms with E-state index in [0.29, 0.717) is 24.0 Å². The van der Waals surface area contributed by atoms with Crippen molar-refractivity contribution >= 4 is 16.8 Å². The highest BCUT2D eigenvalue weighted by Gasteiger charge is 2.34. The number of fused-ring (bicyclic) bond motifs is 4. The summed E-state index contributed by atoms with van der Waals surface area (Å²) >= 11 is 0. The molecule has 0 bridgehead atoms. The van der Waals surface area contributed by atoms with Crippen LogP contribution in [0.1, 0.15) is 51.5 Å². The van der Waals surface area contributed by atoms with Crippen molar-refractivity contribution in [1.82, 2.24) is 30.0 Å². The van der Waals surface area contributed by atoms with Crippen molar-refractivity contribution in [3.63, 3.8) is 0 Å². The lowest BCUT2D eigenvalue weighted by atomic mass is 9.90. The van der Waals surface area contributed by atoms with E-state index in [-0.39, 0.29) is 5.91 Å². The van der Waals surface area contributed by atoms with E-state index in [1.807, 2.05) is 36.5 Å². The first-order chi connectivity index (χ1) is 17.7. The van der Waals surface area contributed by atoms with E-state index >= 15 is 0 Å². The Kier molecular flexibility index (Phi) is 4.87. The molecule has 0 unspecified atom stereocenters. The first-order valence-electron chi connectivity index (χ1n) is 12.4. The van der Waals surface area contributed by atoms with Gasteiger partial charge >= 0.3 is 0 Å². The largest absolute Gasteiger partial charge is 0.348 e. The molecule has 3 heterocycles. The van der Waals surface area contributed by atoms with E-state index in [4.69, 9.17) is 4.98 Å². The smallest absolute Gasteiger partial charge is 0.255 e. The van der Waals surface area contributed by atoms with Crippen LogP contribution in [0.25, 0.3) is 28.1 Å². The van der Waals surface area contributed by atoms with Crippen molar-refractivity contribution in [2.45, 2.75) is 38.1 Å². The number of hydrogen-bond donors (Lipinski definition) is 1. The van der Waals surface area contributed by atoms with Crippen LogP contribution in [0.2, 0.25) is 0 Å². The maximum atomic E-state index is 13.3. The normalized spacial score (nSPS) is 14.3. The summed E-state index contributed by atoms with van der Waals surface area (Å²) < 4.78 is 1.77. The third-order valence-corrected chi connectivity index (χ3v) is 7.11. The van der Waals surface area contributed by atoms with Crippen LogP contribution in [0.3, 0.4) is 0 Å². The number of amides is 1. The van der Waals surface area contributed by atoms with Crippen LogP contribution >= 0.6 is 0 Å². The van der Waals surface area contributed by atoms with Gasteiger partial charge in [-0.3, -0.25) is 9.78 Å². The molecule has 0 aliphatic heterocycles. The highest BCUT2D eigenvalue weighted by molar-refractivity contribution is 5.95. The van der Waals surface area contributed by atoms with Crippen molar-refractivity contribution in [1.29, 1.82) is 0 Å². The van der Waals surface area contributed by atoms with Gasteiger partial charge in [-0.25, -0.2) is 14.6 Å². The molecule has 7 nitrogen and oxygen atoms in total. The van der Waals surface area contributed by atoms with Crippen LogP contribution in [0.5, 0.6) is 0 Å². The second kappa shape index (κ2) is 8.37. The van der Waals surface area contributed by atoms with Gasteiger partial charge in [0, 0.05) is 35.8 Å². The van der Waals surface area contributed by atoms with Gasteiger partial charge in [-0.1, -0.05) is 36.4 Å². The predicted octanol–water partition coefficient (Wildman–Crippen LogP) is 4.78. The van der Waals surface area contributed by atoms with E-state index in [2.05, 4.69) is 44.6 Å². The highest BCUT2D eigenvalue weighted by Crippen LogP contribution is 2.42. The minimum Gasteiger partial charge on any atom is -0.348 e. The summed E-state index contributed by atoms with van der Waals surface area (Å²) in [5.74, 6) is 0.693. The molecule has 0 atom stereocenters. The summed E-state index contributed by atoms with van der Waals surface area (Å²) in [6, 6.07) is 18.4. The molecule has 1 N–H and O–H groups in total. The fourth-order valence-electron chi connectivity index (χ4n) is 5.11. The van der Waals surface area contributed by atoms with Gasteiger partial charge in [0.05, 0.1) is 28.7 Å². The van der Waals surface area contributed by atoms with Crippen molar-refractivity contribution in [3.05, 3.63) is 101 Å². The zero-order valence-corrected chi connectivity index (χ0v) is 19.7. The number of carbonyl (C=O) groups excluding carboxylic acids is 1. The number of rotatable bonds is 5. The monoisotopic (exact) mass is 472 g/mol. The van der Waals surface area contributed by atoms with Crippen LogP contribution < -0.4 is 5.32 Å². The summed E-state index contributed by atoms with van der Waals surface area (Å²) in [6.07, 6.45) is 9.36. The van der Waals surface area contributed by atoms with Crippen molar-refractivity contribution in [2.75, 3.05) is 0 Å². The molecule has 7 rings (SSSR count). The van der Waals surface area contributed by atoms with E-state index in [0.717, 1.165) is 64.7 Å². The van der Waals surface area contributed by atoms with Gasteiger partial charge in [0.2, 0.25) is 0 Å². The number of nitrogens with zero attached hydrogens (tertiary/aromatic N) is 5. The first-order valence-corrected chi connectivity index (χ1v) is 12.4. The van der Waals surface area contributed by atoms with Gasteiger partial charge in [-0.2, -0.15) is 5.10 Å². The van der Waals surface area contributed by atoms with E-state index in [1.54, 1.807) is 17.1 Å². The summed E-state index contributed by atoms with van der Waals surface area (Å²) in [5, 5.41) is 8.73. The van der Waals surface area contributed by atoms with Crippen molar-refractivity contribution in [2.24, 2.45) is 0 Å². The fraction of sp³-hybridized carbons (Fsp3) is 0.207. The lowest BCUT2D eigenvalue weighted by Gasteiger charge is -2.19. The summed E-state index contributed by atoms with van der Waals surface area (Å²) in [7, 11) is 0. The second-order valence-corrected chi connectivity index (χ2v) is 9.54. The molecular formula is C29H24N6O. The number of hydrogen-bond acceptors (Lipinski definition) is 5. The fourth-order valence-corrected chi connectivity index (χ4v) is 5.11. The van der Waals surface area contributed by atoms with Gasteiger partial charge in [0.1, 0.15) is 0 Å². The molecular weight excluding hydrogens is 448 g/mol. The zero-order chi connectivity index (χ0) is 24.1. The van der Waals surface area contributed by atoms with Gasteiger partial charge in [0.15, 0.2) is 0 Å². The molecule has 0 spiro atoms. The number of aromatic nitrogens is 5. The summed E-state index contributed by atoms with van der Waals surface area (Å²) in [4.78, 5) is 27.2. The Hall–Kier alpha value is -4.39. The lowest BCUT2D eigenvalue weighted by Crippen LogP contribution is -2.24.